The summed E-state index contributed by atoms with van der Waals surface area (Å²) in [6.45, 7) is 4.00. The van der Waals surface area contributed by atoms with Crippen molar-refractivity contribution in [1.29, 1.82) is 0 Å². The molecule has 1 aliphatic heterocycles. The smallest absolute Gasteiger partial charge is 0.0853 e. The van der Waals surface area contributed by atoms with Gasteiger partial charge in [0.05, 0.1) is 18.3 Å². The van der Waals surface area contributed by atoms with E-state index in [1.807, 2.05) is 38.1 Å². The number of hydrogen-bond acceptors (Lipinski definition) is 2. The Hall–Kier alpha value is -1.12. The lowest BCUT2D eigenvalue weighted by molar-refractivity contribution is -0.138. The summed E-state index contributed by atoms with van der Waals surface area (Å²) in [6.07, 6.45) is 3.65. The first-order valence-electron chi connectivity index (χ1n) is 6.18. The summed E-state index contributed by atoms with van der Waals surface area (Å²) in [7, 11) is 0. The molecule has 3 atom stereocenters. The molecule has 1 aliphatic rings. The van der Waals surface area contributed by atoms with Gasteiger partial charge in [-0.3, -0.25) is 0 Å². The zero-order valence-corrected chi connectivity index (χ0v) is 10.5. The first-order chi connectivity index (χ1) is 8.15. The SMILES string of the molecule is CC(C)=CC(O)CC1CC(c2ccccc2)O1. The van der Waals surface area contributed by atoms with Gasteiger partial charge in [-0.1, -0.05) is 42.0 Å². The van der Waals surface area contributed by atoms with Gasteiger partial charge in [0.1, 0.15) is 0 Å². The largest absolute Gasteiger partial charge is 0.389 e. The van der Waals surface area contributed by atoms with Crippen molar-refractivity contribution in [3.8, 4) is 0 Å². The lowest BCUT2D eigenvalue weighted by Crippen LogP contribution is -2.33. The van der Waals surface area contributed by atoms with Gasteiger partial charge in [-0.25, -0.2) is 0 Å². The molecular formula is C15H20O2. The van der Waals surface area contributed by atoms with Crippen molar-refractivity contribution in [2.45, 2.75) is 45.0 Å². The van der Waals surface area contributed by atoms with Gasteiger partial charge < -0.3 is 9.84 Å². The molecule has 2 heteroatoms. The van der Waals surface area contributed by atoms with Crippen molar-refractivity contribution < 1.29 is 9.84 Å². The molecule has 17 heavy (non-hydrogen) atoms. The van der Waals surface area contributed by atoms with Gasteiger partial charge in [0, 0.05) is 12.8 Å². The average molecular weight is 232 g/mol. The highest BCUT2D eigenvalue weighted by Crippen LogP contribution is 2.36. The first-order valence-corrected chi connectivity index (χ1v) is 6.18. The highest BCUT2D eigenvalue weighted by molar-refractivity contribution is 5.19. The predicted octanol–water partition coefficient (Wildman–Crippen LogP) is 3.23. The number of hydrogen-bond donors (Lipinski definition) is 1. The van der Waals surface area contributed by atoms with E-state index >= 15 is 0 Å². The van der Waals surface area contributed by atoms with E-state index in [-0.39, 0.29) is 18.3 Å². The van der Waals surface area contributed by atoms with Crippen LogP contribution >= 0.6 is 0 Å². The van der Waals surface area contributed by atoms with Gasteiger partial charge in [0.2, 0.25) is 0 Å². The molecule has 2 rings (SSSR count). The second kappa shape index (κ2) is 5.48. The lowest BCUT2D eigenvalue weighted by atomic mass is 9.94. The van der Waals surface area contributed by atoms with Crippen LogP contribution in [0.4, 0.5) is 0 Å². The molecule has 0 spiro atoms. The molecule has 1 heterocycles. The molecular weight excluding hydrogens is 212 g/mol. The molecule has 0 amide bonds. The maximum atomic E-state index is 9.76. The van der Waals surface area contributed by atoms with Crippen LogP contribution < -0.4 is 0 Å². The number of benzene rings is 1. The summed E-state index contributed by atoms with van der Waals surface area (Å²) in [4.78, 5) is 0. The highest BCUT2D eigenvalue weighted by atomic mass is 16.5. The van der Waals surface area contributed by atoms with Crippen LogP contribution in [-0.2, 0) is 4.74 Å². The summed E-state index contributed by atoms with van der Waals surface area (Å²) in [5.74, 6) is 0. The zero-order chi connectivity index (χ0) is 12.3. The van der Waals surface area contributed by atoms with E-state index in [0.717, 1.165) is 12.0 Å². The molecule has 0 radical (unpaired) electrons. The fourth-order valence-electron chi connectivity index (χ4n) is 2.22. The van der Waals surface area contributed by atoms with E-state index < -0.39 is 0 Å². The number of aliphatic hydroxyl groups excluding tert-OH is 1. The van der Waals surface area contributed by atoms with Crippen LogP contribution in [0.1, 0.15) is 38.4 Å². The Morgan fingerprint density at radius 1 is 1.41 bits per heavy atom. The van der Waals surface area contributed by atoms with Crippen LogP contribution in [0.2, 0.25) is 0 Å². The van der Waals surface area contributed by atoms with Crippen molar-refractivity contribution in [2.24, 2.45) is 0 Å². The van der Waals surface area contributed by atoms with Crippen molar-refractivity contribution >= 4 is 0 Å². The van der Waals surface area contributed by atoms with Crippen LogP contribution in [0.15, 0.2) is 42.0 Å². The first kappa shape index (κ1) is 12.3. The minimum atomic E-state index is -0.373. The highest BCUT2D eigenvalue weighted by Gasteiger charge is 2.31. The summed E-state index contributed by atoms with van der Waals surface area (Å²) < 4.78 is 5.79. The van der Waals surface area contributed by atoms with E-state index in [1.165, 1.54) is 5.56 Å². The average Bonchev–Trinajstić information content (AvgIpc) is 2.23. The molecule has 2 nitrogen and oxygen atoms in total. The molecule has 0 aliphatic carbocycles. The third kappa shape index (κ3) is 3.42. The molecule has 1 aromatic carbocycles. The Morgan fingerprint density at radius 3 is 2.65 bits per heavy atom. The van der Waals surface area contributed by atoms with Crippen molar-refractivity contribution in [3.05, 3.63) is 47.5 Å². The third-order valence-electron chi connectivity index (χ3n) is 3.04. The quantitative estimate of drug-likeness (QED) is 0.808. The Morgan fingerprint density at radius 2 is 2.06 bits per heavy atom. The molecule has 1 fully saturated rings. The van der Waals surface area contributed by atoms with E-state index in [4.69, 9.17) is 4.74 Å². The standard InChI is InChI=1S/C15H20O2/c1-11(2)8-13(16)9-14-10-15(17-14)12-6-4-3-5-7-12/h3-8,13-16H,9-10H2,1-2H3. The number of rotatable bonds is 4. The summed E-state index contributed by atoms with van der Waals surface area (Å²) in [5.41, 5.74) is 2.39. The van der Waals surface area contributed by atoms with E-state index in [1.54, 1.807) is 0 Å². The molecule has 1 N–H and O–H groups in total. The third-order valence-corrected chi connectivity index (χ3v) is 3.04. The zero-order valence-electron chi connectivity index (χ0n) is 10.5. The molecule has 92 valence electrons. The maximum absolute atomic E-state index is 9.76. The summed E-state index contributed by atoms with van der Waals surface area (Å²) in [6, 6.07) is 10.3. The molecule has 1 aromatic rings. The molecule has 0 saturated carbocycles. The van der Waals surface area contributed by atoms with Crippen molar-refractivity contribution in [2.75, 3.05) is 0 Å². The van der Waals surface area contributed by atoms with Crippen LogP contribution in [0.5, 0.6) is 0 Å². The number of ether oxygens (including phenoxy) is 1. The Bertz CT molecular complexity index is 373. The van der Waals surface area contributed by atoms with Crippen LogP contribution in [0.25, 0.3) is 0 Å². The Balaban J connectivity index is 1.78. The van der Waals surface area contributed by atoms with E-state index in [2.05, 4.69) is 12.1 Å². The van der Waals surface area contributed by atoms with Crippen LogP contribution in [-0.4, -0.2) is 17.3 Å². The topological polar surface area (TPSA) is 29.5 Å². The Labute approximate surface area is 103 Å². The van der Waals surface area contributed by atoms with Crippen LogP contribution in [0.3, 0.4) is 0 Å². The van der Waals surface area contributed by atoms with Crippen LogP contribution in [0, 0.1) is 0 Å². The normalized spacial score (nSPS) is 24.9. The molecule has 0 aromatic heterocycles. The van der Waals surface area contributed by atoms with Gasteiger partial charge in [0.25, 0.3) is 0 Å². The van der Waals surface area contributed by atoms with Crippen molar-refractivity contribution in [1.82, 2.24) is 0 Å². The molecule has 0 bridgehead atoms. The fourth-order valence-corrected chi connectivity index (χ4v) is 2.22. The molecule has 1 saturated heterocycles. The van der Waals surface area contributed by atoms with Gasteiger partial charge in [0.15, 0.2) is 0 Å². The Kier molecular flexibility index (Phi) is 3.97. The van der Waals surface area contributed by atoms with E-state index in [0.29, 0.717) is 6.42 Å². The lowest BCUT2D eigenvalue weighted by Gasteiger charge is -2.37. The van der Waals surface area contributed by atoms with Gasteiger partial charge in [-0.2, -0.15) is 0 Å². The monoisotopic (exact) mass is 232 g/mol. The second-order valence-electron chi connectivity index (χ2n) is 4.94. The fraction of sp³-hybridized carbons (Fsp3) is 0.467. The van der Waals surface area contributed by atoms with Gasteiger partial charge in [-0.05, 0) is 19.4 Å². The van der Waals surface area contributed by atoms with E-state index in [9.17, 15) is 5.11 Å². The van der Waals surface area contributed by atoms with Gasteiger partial charge >= 0.3 is 0 Å². The summed E-state index contributed by atoms with van der Waals surface area (Å²) in [5, 5.41) is 9.76. The second-order valence-corrected chi connectivity index (χ2v) is 4.94. The predicted molar refractivity (Wildman–Crippen MR) is 68.7 cm³/mol. The summed E-state index contributed by atoms with van der Waals surface area (Å²) >= 11 is 0. The number of allylic oxidation sites excluding steroid dienone is 1. The minimum Gasteiger partial charge on any atom is -0.389 e. The number of aliphatic hydroxyl groups is 1. The van der Waals surface area contributed by atoms with Crippen molar-refractivity contribution in [3.63, 3.8) is 0 Å². The maximum Gasteiger partial charge on any atom is 0.0853 e. The van der Waals surface area contributed by atoms with Gasteiger partial charge in [-0.15, -0.1) is 0 Å². The minimum absolute atomic E-state index is 0.200. The molecule has 3 unspecified atom stereocenters.